The van der Waals surface area contributed by atoms with Crippen molar-refractivity contribution < 1.29 is 41.0 Å². The molecule has 43 heavy (non-hydrogen) atoms. The molecule has 1 saturated heterocycles. The predicted octanol–water partition coefficient (Wildman–Crippen LogP) is 7.31. The van der Waals surface area contributed by atoms with Crippen molar-refractivity contribution in [3.05, 3.63) is 53.1 Å². The summed E-state index contributed by atoms with van der Waals surface area (Å²) in [6, 6.07) is 4.11. The molecule has 0 spiro atoms. The number of amides is 1. The quantitative estimate of drug-likeness (QED) is 0.106. The molecule has 0 radical (unpaired) electrons. The molecule has 0 N–H and O–H groups in total. The molecule has 240 valence electrons. The highest BCUT2D eigenvalue weighted by molar-refractivity contribution is 6.76. The first-order valence-corrected chi connectivity index (χ1v) is 18.7. The molecule has 0 bridgehead atoms. The minimum atomic E-state index is -2.78. The van der Waals surface area contributed by atoms with Crippen LogP contribution in [0.1, 0.15) is 61.6 Å². The molecule has 1 aromatic carbocycles. The van der Waals surface area contributed by atoms with Crippen LogP contribution in [0.5, 0.6) is 0 Å². The lowest BCUT2D eigenvalue weighted by Gasteiger charge is -2.41. The lowest BCUT2D eigenvalue weighted by molar-refractivity contribution is -0.0335. The monoisotopic (exact) mass is 631 g/mol. The van der Waals surface area contributed by atoms with Gasteiger partial charge < -0.3 is 19.1 Å². The zero-order chi connectivity index (χ0) is 31.1. The average Bonchev–Trinajstić information content (AvgIpc) is 3.43. The number of carbonyl (C=O) groups excluding carboxylic acids is 1. The van der Waals surface area contributed by atoms with E-state index in [1.807, 2.05) is 6.07 Å². The summed E-state index contributed by atoms with van der Waals surface area (Å²) < 4.78 is 87.0. The Morgan fingerprint density at radius 3 is 2.47 bits per heavy atom. The van der Waals surface area contributed by atoms with E-state index in [1.165, 1.54) is 4.90 Å². The Kier molecular flexibility index (Phi) is 11.6. The number of aromatic nitrogens is 2. The van der Waals surface area contributed by atoms with E-state index in [-0.39, 0.29) is 30.9 Å². The predicted molar refractivity (Wildman–Crippen MR) is 153 cm³/mol. The molecule has 2 aromatic rings. The topological polar surface area (TPSA) is 65.8 Å². The molecule has 1 aromatic heterocycles. The van der Waals surface area contributed by atoms with Gasteiger partial charge in [0.2, 0.25) is 0 Å². The number of alkyl halides is 2. The van der Waals surface area contributed by atoms with Crippen molar-refractivity contribution in [2.45, 2.75) is 101 Å². The van der Waals surface area contributed by atoms with Gasteiger partial charge in [0, 0.05) is 44.6 Å². The summed E-state index contributed by atoms with van der Waals surface area (Å²) in [6.07, 6.45) is 1.01. The van der Waals surface area contributed by atoms with Crippen LogP contribution in [0.2, 0.25) is 25.7 Å². The highest BCUT2D eigenvalue weighted by Crippen LogP contribution is 2.38. The number of hydrogen-bond acceptors (Lipinski definition) is 5. The van der Waals surface area contributed by atoms with E-state index in [9.17, 15) is 26.7 Å². The van der Waals surface area contributed by atoms with Gasteiger partial charge in [0.05, 0.1) is 18.8 Å². The summed E-state index contributed by atoms with van der Waals surface area (Å²) >= 11 is 0. The van der Waals surface area contributed by atoms with Gasteiger partial charge >= 0.3 is 6.09 Å². The number of hydrogen-bond donors (Lipinski definition) is 0. The Balaban J connectivity index is 1.44. The fraction of sp³-hybridized carbons (Fsp3) is 0.667. The Labute approximate surface area is 250 Å². The van der Waals surface area contributed by atoms with Crippen LogP contribution in [0.25, 0.3) is 0 Å². The number of rotatable bonds is 12. The standard InChI is InChI=1S/C30H42F5N3O4Si/c1-43(2,3)16-15-40-19-38-25(12-13-36-38)22-5-4-14-37(30(39)42-18-27(33)34)26(22)17-41-21-8-6-20(7-9-21)28-23(31)10-11-24(32)29(28)35/h10-13,20-22,26-27H,4-9,14-19H2,1-3H3. The highest BCUT2D eigenvalue weighted by Gasteiger charge is 2.39. The van der Waals surface area contributed by atoms with Crippen molar-refractivity contribution in [1.29, 1.82) is 0 Å². The molecule has 2 fully saturated rings. The van der Waals surface area contributed by atoms with Crippen molar-refractivity contribution >= 4 is 14.2 Å². The number of ether oxygens (including phenoxy) is 3. The molecule has 7 nitrogen and oxygen atoms in total. The minimum Gasteiger partial charge on any atom is -0.443 e. The first-order valence-electron chi connectivity index (χ1n) is 15.0. The second kappa shape index (κ2) is 15.0. The van der Waals surface area contributed by atoms with Crippen LogP contribution in [-0.4, -0.2) is 73.8 Å². The Morgan fingerprint density at radius 1 is 1.05 bits per heavy atom. The molecule has 2 unspecified atom stereocenters. The summed E-state index contributed by atoms with van der Waals surface area (Å²) in [7, 11) is -1.27. The van der Waals surface area contributed by atoms with Gasteiger partial charge in [0.15, 0.2) is 18.2 Å². The molecule has 2 aliphatic rings. The first-order chi connectivity index (χ1) is 20.4. The number of likely N-dealkylation sites (tertiary alicyclic amines) is 1. The van der Waals surface area contributed by atoms with E-state index in [1.54, 1.807) is 10.9 Å². The number of carbonyl (C=O) groups is 1. The molecule has 4 rings (SSSR count). The van der Waals surface area contributed by atoms with Crippen LogP contribution in [0.3, 0.4) is 0 Å². The summed E-state index contributed by atoms with van der Waals surface area (Å²) in [5, 5.41) is 4.44. The molecule has 1 aliphatic carbocycles. The van der Waals surface area contributed by atoms with E-state index in [0.717, 1.165) is 30.3 Å². The molecule has 13 heteroatoms. The Hall–Kier alpha value is -2.51. The van der Waals surface area contributed by atoms with E-state index >= 15 is 0 Å². The van der Waals surface area contributed by atoms with Crippen molar-refractivity contribution in [1.82, 2.24) is 14.7 Å². The van der Waals surface area contributed by atoms with Crippen molar-refractivity contribution in [3.8, 4) is 0 Å². The molecule has 2 heterocycles. The third kappa shape index (κ3) is 9.01. The lowest BCUT2D eigenvalue weighted by Crippen LogP contribution is -2.51. The second-order valence-corrected chi connectivity index (χ2v) is 18.3. The van der Waals surface area contributed by atoms with Crippen LogP contribution in [0.15, 0.2) is 24.4 Å². The van der Waals surface area contributed by atoms with E-state index in [2.05, 4.69) is 24.7 Å². The number of nitrogens with zero attached hydrogens (tertiary/aromatic N) is 3. The van der Waals surface area contributed by atoms with Crippen molar-refractivity contribution in [2.24, 2.45) is 0 Å². The average molecular weight is 632 g/mol. The fourth-order valence-corrected chi connectivity index (χ4v) is 6.77. The SMILES string of the molecule is C[Si](C)(C)CCOCn1nccc1C1CCCN(C(=O)OCC(F)F)C1COC1CCC(c2c(F)ccc(F)c2F)CC1. The molecule has 2 atom stereocenters. The van der Waals surface area contributed by atoms with Crippen LogP contribution in [0.4, 0.5) is 26.7 Å². The summed E-state index contributed by atoms with van der Waals surface area (Å²) in [4.78, 5) is 14.4. The van der Waals surface area contributed by atoms with Crippen molar-refractivity contribution in [3.63, 3.8) is 0 Å². The third-order valence-corrected chi connectivity index (χ3v) is 10.1. The zero-order valence-electron chi connectivity index (χ0n) is 25.0. The third-order valence-electron chi connectivity index (χ3n) is 8.35. The van der Waals surface area contributed by atoms with Gasteiger partial charge in [-0.25, -0.2) is 31.4 Å². The molecule has 1 saturated carbocycles. The van der Waals surface area contributed by atoms with Crippen molar-refractivity contribution in [2.75, 3.05) is 26.4 Å². The van der Waals surface area contributed by atoms with Gasteiger partial charge in [-0.3, -0.25) is 0 Å². The van der Waals surface area contributed by atoms with Gasteiger partial charge in [-0.2, -0.15) is 5.10 Å². The smallest absolute Gasteiger partial charge is 0.410 e. The molecular weight excluding hydrogens is 589 g/mol. The minimum absolute atomic E-state index is 0.119. The van der Waals surface area contributed by atoms with Crippen LogP contribution in [0, 0.1) is 17.5 Å². The van der Waals surface area contributed by atoms with E-state index in [0.29, 0.717) is 45.3 Å². The Bertz CT molecular complexity index is 1200. The zero-order valence-corrected chi connectivity index (χ0v) is 26.0. The van der Waals surface area contributed by atoms with Gasteiger partial charge in [-0.1, -0.05) is 19.6 Å². The van der Waals surface area contributed by atoms with Gasteiger partial charge in [0.25, 0.3) is 6.43 Å². The molecule has 1 amide bonds. The van der Waals surface area contributed by atoms with Gasteiger partial charge in [-0.15, -0.1) is 0 Å². The van der Waals surface area contributed by atoms with E-state index < -0.39 is 56.6 Å². The van der Waals surface area contributed by atoms with Gasteiger partial charge in [-0.05, 0) is 68.7 Å². The summed E-state index contributed by atoms with van der Waals surface area (Å²) in [5.41, 5.74) is 0.632. The van der Waals surface area contributed by atoms with Crippen LogP contribution >= 0.6 is 0 Å². The highest BCUT2D eigenvalue weighted by atomic mass is 28.3. The number of benzene rings is 1. The fourth-order valence-electron chi connectivity index (χ4n) is 6.02. The number of halogens is 5. The maximum atomic E-state index is 14.4. The van der Waals surface area contributed by atoms with Crippen LogP contribution < -0.4 is 0 Å². The van der Waals surface area contributed by atoms with E-state index in [4.69, 9.17) is 14.2 Å². The summed E-state index contributed by atoms with van der Waals surface area (Å²) in [5.74, 6) is -3.64. The first kappa shape index (κ1) is 33.4. The summed E-state index contributed by atoms with van der Waals surface area (Å²) in [6.45, 7) is 7.14. The Morgan fingerprint density at radius 2 is 1.77 bits per heavy atom. The maximum absolute atomic E-state index is 14.4. The van der Waals surface area contributed by atoms with Gasteiger partial charge in [0.1, 0.15) is 12.5 Å². The molecule has 1 aliphatic heterocycles. The largest absolute Gasteiger partial charge is 0.443 e. The molecular formula is C30H42F5N3O4Si. The van der Waals surface area contributed by atoms with Crippen LogP contribution in [-0.2, 0) is 20.9 Å². The maximum Gasteiger partial charge on any atom is 0.410 e. The number of piperidine rings is 1. The second-order valence-electron chi connectivity index (χ2n) is 12.6. The normalized spacial score (nSPS) is 23.1. The lowest BCUT2D eigenvalue weighted by atomic mass is 9.82.